The van der Waals surface area contributed by atoms with E-state index in [2.05, 4.69) is 10.1 Å². The van der Waals surface area contributed by atoms with E-state index in [0.29, 0.717) is 49.1 Å². The van der Waals surface area contributed by atoms with Gasteiger partial charge in [0.05, 0.1) is 23.6 Å². The van der Waals surface area contributed by atoms with E-state index < -0.39 is 15.6 Å². The highest BCUT2D eigenvalue weighted by Gasteiger charge is 2.36. The molecule has 2 aromatic rings. The summed E-state index contributed by atoms with van der Waals surface area (Å²) in [6.45, 7) is 3.30. The molecule has 9 heteroatoms. The molecular formula is C18H24N4O4S. The number of hydrogen-bond donors (Lipinski definition) is 1. The molecular weight excluding hydrogens is 368 g/mol. The van der Waals surface area contributed by atoms with Crippen LogP contribution < -0.4 is 5.73 Å². The van der Waals surface area contributed by atoms with Gasteiger partial charge in [0.25, 0.3) is 5.89 Å². The van der Waals surface area contributed by atoms with Crippen LogP contribution in [0.3, 0.4) is 0 Å². The van der Waals surface area contributed by atoms with E-state index in [0.717, 1.165) is 25.7 Å². The average Bonchev–Trinajstić information content (AvgIpc) is 3.33. The lowest BCUT2D eigenvalue weighted by Crippen LogP contribution is -2.40. The number of morpholine rings is 1. The molecule has 0 radical (unpaired) electrons. The maximum Gasteiger partial charge on any atom is 0.258 e. The van der Waals surface area contributed by atoms with Crippen LogP contribution >= 0.6 is 0 Å². The van der Waals surface area contributed by atoms with Crippen LogP contribution in [0.5, 0.6) is 0 Å². The molecule has 1 aliphatic heterocycles. The Hall–Kier alpha value is -1.81. The van der Waals surface area contributed by atoms with Crippen LogP contribution in [0, 0.1) is 6.92 Å². The summed E-state index contributed by atoms with van der Waals surface area (Å²) in [6, 6.07) is 5.17. The van der Waals surface area contributed by atoms with Gasteiger partial charge in [-0.1, -0.05) is 24.1 Å². The summed E-state index contributed by atoms with van der Waals surface area (Å²) in [4.78, 5) is 4.72. The minimum absolute atomic E-state index is 0.255. The number of ether oxygens (including phenoxy) is 1. The largest absolute Gasteiger partial charge is 0.379 e. The number of hydrogen-bond acceptors (Lipinski definition) is 7. The summed E-state index contributed by atoms with van der Waals surface area (Å²) in [5, 5.41) is 4.06. The van der Waals surface area contributed by atoms with Crippen molar-refractivity contribution in [3.63, 3.8) is 0 Å². The Morgan fingerprint density at radius 2 is 1.89 bits per heavy atom. The highest BCUT2D eigenvalue weighted by molar-refractivity contribution is 7.89. The molecule has 1 saturated heterocycles. The molecule has 2 fully saturated rings. The SMILES string of the molecule is Cc1ccc(-c2nc(C3(N)CCCC3)no2)cc1S(=O)(=O)N1CCOCC1. The van der Waals surface area contributed by atoms with E-state index in [1.165, 1.54) is 4.31 Å². The fourth-order valence-electron chi connectivity index (χ4n) is 3.71. The molecule has 0 spiro atoms. The first-order valence-electron chi connectivity index (χ1n) is 9.22. The maximum atomic E-state index is 13.0. The fourth-order valence-corrected chi connectivity index (χ4v) is 5.37. The number of rotatable bonds is 4. The number of aromatic nitrogens is 2. The van der Waals surface area contributed by atoms with Crippen molar-refractivity contribution in [1.82, 2.24) is 14.4 Å². The highest BCUT2D eigenvalue weighted by Crippen LogP contribution is 2.36. The average molecular weight is 392 g/mol. The van der Waals surface area contributed by atoms with Gasteiger partial charge in [0.1, 0.15) is 0 Å². The third kappa shape index (κ3) is 3.40. The quantitative estimate of drug-likeness (QED) is 0.844. The van der Waals surface area contributed by atoms with Gasteiger partial charge in [-0.3, -0.25) is 0 Å². The number of nitrogens with zero attached hydrogens (tertiary/aromatic N) is 3. The number of nitrogens with two attached hydrogens (primary N) is 1. The number of aryl methyl sites for hydroxylation is 1. The second-order valence-electron chi connectivity index (χ2n) is 7.28. The Labute approximate surface area is 158 Å². The smallest absolute Gasteiger partial charge is 0.258 e. The van der Waals surface area contributed by atoms with Gasteiger partial charge in [-0.15, -0.1) is 0 Å². The lowest BCUT2D eigenvalue weighted by Gasteiger charge is -2.26. The normalized spacial score (nSPS) is 20.8. The van der Waals surface area contributed by atoms with E-state index in [1.807, 2.05) is 0 Å². The third-order valence-electron chi connectivity index (χ3n) is 5.39. The zero-order chi connectivity index (χ0) is 19.1. The molecule has 0 bridgehead atoms. The maximum absolute atomic E-state index is 13.0. The van der Waals surface area contributed by atoms with Crippen molar-refractivity contribution in [3.05, 3.63) is 29.6 Å². The minimum atomic E-state index is -3.61. The first kappa shape index (κ1) is 18.5. The second-order valence-corrected chi connectivity index (χ2v) is 9.19. The molecule has 0 unspecified atom stereocenters. The molecule has 0 amide bonds. The van der Waals surface area contributed by atoms with Crippen molar-refractivity contribution in [1.29, 1.82) is 0 Å². The monoisotopic (exact) mass is 392 g/mol. The van der Waals surface area contributed by atoms with E-state index >= 15 is 0 Å². The first-order valence-corrected chi connectivity index (χ1v) is 10.7. The zero-order valence-corrected chi connectivity index (χ0v) is 16.2. The van der Waals surface area contributed by atoms with Crippen LogP contribution in [0.1, 0.15) is 37.1 Å². The first-order chi connectivity index (χ1) is 12.9. The van der Waals surface area contributed by atoms with Gasteiger partial charge in [-0.2, -0.15) is 9.29 Å². The Kier molecular flexibility index (Phi) is 4.79. The predicted molar refractivity (Wildman–Crippen MR) is 98.4 cm³/mol. The Bertz CT molecular complexity index is 929. The molecule has 1 aromatic heterocycles. The van der Waals surface area contributed by atoms with Crippen LogP contribution in [0.15, 0.2) is 27.6 Å². The van der Waals surface area contributed by atoms with Crippen LogP contribution in [-0.2, 0) is 20.3 Å². The van der Waals surface area contributed by atoms with Crippen molar-refractivity contribution in [2.45, 2.75) is 43.0 Å². The predicted octanol–water partition coefficient (Wildman–Crippen LogP) is 1.79. The fraction of sp³-hybridized carbons (Fsp3) is 0.556. The highest BCUT2D eigenvalue weighted by atomic mass is 32.2. The molecule has 27 heavy (non-hydrogen) atoms. The van der Waals surface area contributed by atoms with E-state index in [4.69, 9.17) is 15.0 Å². The third-order valence-corrected chi connectivity index (χ3v) is 7.43. The summed E-state index contributed by atoms with van der Waals surface area (Å²) in [6.07, 6.45) is 3.76. The van der Waals surface area contributed by atoms with Gasteiger partial charge in [0, 0.05) is 18.7 Å². The molecule has 146 valence electrons. The van der Waals surface area contributed by atoms with E-state index in [1.54, 1.807) is 25.1 Å². The lowest BCUT2D eigenvalue weighted by atomic mass is 9.99. The molecule has 2 aliphatic rings. The molecule has 8 nitrogen and oxygen atoms in total. The zero-order valence-electron chi connectivity index (χ0n) is 15.3. The van der Waals surface area contributed by atoms with Crippen LogP contribution in [-0.4, -0.2) is 49.2 Å². The van der Waals surface area contributed by atoms with Gasteiger partial charge < -0.3 is 15.0 Å². The lowest BCUT2D eigenvalue weighted by molar-refractivity contribution is 0.0730. The summed E-state index contributed by atoms with van der Waals surface area (Å²) < 4.78 is 38.2. The van der Waals surface area contributed by atoms with Crippen LogP contribution in [0.4, 0.5) is 0 Å². The van der Waals surface area contributed by atoms with Gasteiger partial charge in [0.2, 0.25) is 10.0 Å². The molecule has 1 aromatic carbocycles. The van der Waals surface area contributed by atoms with Crippen molar-refractivity contribution in [2.75, 3.05) is 26.3 Å². The molecule has 2 heterocycles. The molecule has 0 atom stereocenters. The summed E-state index contributed by atoms with van der Waals surface area (Å²) >= 11 is 0. The van der Waals surface area contributed by atoms with Crippen LogP contribution in [0.25, 0.3) is 11.5 Å². The summed E-state index contributed by atoms with van der Waals surface area (Å²) in [5.41, 5.74) is 7.10. The Morgan fingerprint density at radius 3 is 2.59 bits per heavy atom. The Balaban J connectivity index is 1.68. The van der Waals surface area contributed by atoms with Crippen molar-refractivity contribution < 1.29 is 17.7 Å². The standard InChI is InChI=1S/C18H24N4O4S/c1-13-4-5-14(12-15(13)27(23,24)22-8-10-25-11-9-22)16-20-17(21-26-16)18(19)6-2-3-7-18/h4-5,12H,2-3,6-11,19H2,1H3. The number of sulfonamides is 1. The molecule has 2 N–H and O–H groups in total. The topological polar surface area (TPSA) is 112 Å². The van der Waals surface area contributed by atoms with E-state index in [-0.39, 0.29) is 4.90 Å². The Morgan fingerprint density at radius 1 is 1.19 bits per heavy atom. The van der Waals surface area contributed by atoms with Gasteiger partial charge in [0.15, 0.2) is 5.82 Å². The van der Waals surface area contributed by atoms with Gasteiger partial charge in [-0.25, -0.2) is 8.42 Å². The van der Waals surface area contributed by atoms with Crippen LogP contribution in [0.2, 0.25) is 0 Å². The summed E-state index contributed by atoms with van der Waals surface area (Å²) in [7, 11) is -3.61. The second kappa shape index (κ2) is 6.97. The van der Waals surface area contributed by atoms with Crippen molar-refractivity contribution in [3.8, 4) is 11.5 Å². The molecule has 1 saturated carbocycles. The molecule has 1 aliphatic carbocycles. The van der Waals surface area contributed by atoms with E-state index in [9.17, 15) is 8.42 Å². The summed E-state index contributed by atoms with van der Waals surface area (Å²) in [5.74, 6) is 0.785. The van der Waals surface area contributed by atoms with Gasteiger partial charge >= 0.3 is 0 Å². The molecule has 4 rings (SSSR count). The van der Waals surface area contributed by atoms with Crippen molar-refractivity contribution in [2.24, 2.45) is 5.73 Å². The van der Waals surface area contributed by atoms with Crippen molar-refractivity contribution >= 4 is 10.0 Å². The van der Waals surface area contributed by atoms with Gasteiger partial charge in [-0.05, 0) is 37.5 Å². The number of benzene rings is 1. The minimum Gasteiger partial charge on any atom is -0.379 e.